The fourth-order valence-electron chi connectivity index (χ4n) is 2.25. The number of aromatic carboxylic acids is 1. The van der Waals surface area contributed by atoms with Gasteiger partial charge in [0.2, 0.25) is 0 Å². The highest BCUT2D eigenvalue weighted by Gasteiger charge is 2.30. The molecule has 8 heteroatoms. The summed E-state index contributed by atoms with van der Waals surface area (Å²) in [5.41, 5.74) is 0.971. The molecule has 2 aromatic rings. The van der Waals surface area contributed by atoms with Crippen molar-refractivity contribution in [2.24, 2.45) is 4.99 Å². The number of carbonyl (C=O) groups excluding carboxylic acids is 1. The number of benzene rings is 2. The molecule has 26 heavy (non-hydrogen) atoms. The smallest absolute Gasteiger partial charge is 0.335 e. The third kappa shape index (κ3) is 3.74. The summed E-state index contributed by atoms with van der Waals surface area (Å²) in [5.74, 6) is -1.31. The summed E-state index contributed by atoms with van der Waals surface area (Å²) in [6.07, 6.45) is 1.54. The molecule has 0 bridgehead atoms. The standard InChI is InChI=1S/C18H13ClN2O4S/c1-21-16(23)15(9-11-7-12(19)5-6-14(11)22)26-18(21)20-13-4-2-3-10(8-13)17(24)25/h2-9,22H,1H3,(H,24,25). The molecule has 1 saturated heterocycles. The molecule has 0 spiro atoms. The Labute approximate surface area is 158 Å². The molecule has 0 atom stereocenters. The van der Waals surface area contributed by atoms with Crippen LogP contribution in [-0.2, 0) is 4.79 Å². The monoisotopic (exact) mass is 388 g/mol. The maximum absolute atomic E-state index is 12.4. The van der Waals surface area contributed by atoms with E-state index in [1.807, 2.05) is 0 Å². The van der Waals surface area contributed by atoms with E-state index < -0.39 is 5.97 Å². The number of thioether (sulfide) groups is 1. The van der Waals surface area contributed by atoms with Crippen molar-refractivity contribution in [3.63, 3.8) is 0 Å². The molecule has 6 nitrogen and oxygen atoms in total. The Kier molecular flexibility index (Phi) is 5.01. The van der Waals surface area contributed by atoms with Crippen LogP contribution in [-0.4, -0.2) is 39.2 Å². The lowest BCUT2D eigenvalue weighted by molar-refractivity contribution is -0.121. The molecule has 0 aromatic heterocycles. The molecule has 0 unspecified atom stereocenters. The number of amidine groups is 1. The van der Waals surface area contributed by atoms with Gasteiger partial charge in [-0.15, -0.1) is 0 Å². The molecule has 0 radical (unpaired) electrons. The lowest BCUT2D eigenvalue weighted by Crippen LogP contribution is -2.23. The van der Waals surface area contributed by atoms with Crippen molar-refractivity contribution in [3.8, 4) is 5.75 Å². The van der Waals surface area contributed by atoms with Gasteiger partial charge in [0.15, 0.2) is 5.17 Å². The van der Waals surface area contributed by atoms with Crippen LogP contribution in [0.25, 0.3) is 6.08 Å². The SMILES string of the molecule is CN1C(=O)C(=Cc2cc(Cl)ccc2O)SC1=Nc1cccc(C(=O)O)c1. The van der Waals surface area contributed by atoms with E-state index in [0.717, 1.165) is 11.8 Å². The van der Waals surface area contributed by atoms with Gasteiger partial charge in [-0.05, 0) is 54.2 Å². The first-order chi connectivity index (χ1) is 12.3. The number of aliphatic imine (C=N–C) groups is 1. The predicted octanol–water partition coefficient (Wildman–Crippen LogP) is 3.98. The molecule has 1 fully saturated rings. The number of carbonyl (C=O) groups is 2. The fourth-order valence-corrected chi connectivity index (χ4v) is 3.41. The normalized spacial score (nSPS) is 17.3. The van der Waals surface area contributed by atoms with Crippen molar-refractivity contribution >= 4 is 52.2 Å². The van der Waals surface area contributed by atoms with E-state index in [4.69, 9.17) is 16.7 Å². The Morgan fingerprint density at radius 1 is 1.27 bits per heavy atom. The Hall–Kier alpha value is -2.77. The minimum absolute atomic E-state index is 0.0116. The summed E-state index contributed by atoms with van der Waals surface area (Å²) >= 11 is 7.06. The molecule has 132 valence electrons. The summed E-state index contributed by atoms with van der Waals surface area (Å²) in [6, 6.07) is 10.7. The molecule has 3 rings (SSSR count). The lowest BCUT2D eigenvalue weighted by atomic mass is 10.2. The summed E-state index contributed by atoms with van der Waals surface area (Å²) in [4.78, 5) is 29.6. The zero-order valence-corrected chi connectivity index (χ0v) is 15.1. The molecule has 0 saturated carbocycles. The minimum atomic E-state index is -1.05. The van der Waals surface area contributed by atoms with Gasteiger partial charge < -0.3 is 10.2 Å². The first-order valence-corrected chi connectivity index (χ1v) is 8.63. The second-order valence-corrected chi connectivity index (χ2v) is 6.87. The number of phenols is 1. The first kappa shape index (κ1) is 18.0. The molecule has 1 aliphatic heterocycles. The van der Waals surface area contributed by atoms with Crippen molar-refractivity contribution in [1.82, 2.24) is 4.90 Å². The maximum Gasteiger partial charge on any atom is 0.335 e. The van der Waals surface area contributed by atoms with Gasteiger partial charge in [-0.3, -0.25) is 9.69 Å². The van der Waals surface area contributed by atoms with Gasteiger partial charge in [0, 0.05) is 17.6 Å². The van der Waals surface area contributed by atoms with Crippen LogP contribution in [0.3, 0.4) is 0 Å². The van der Waals surface area contributed by atoms with Crippen molar-refractivity contribution in [1.29, 1.82) is 0 Å². The topological polar surface area (TPSA) is 90.2 Å². The van der Waals surface area contributed by atoms with Crippen LogP contribution in [0.5, 0.6) is 5.75 Å². The molecule has 0 aliphatic carbocycles. The third-order valence-corrected chi connectivity index (χ3v) is 4.89. The minimum Gasteiger partial charge on any atom is -0.507 e. The second-order valence-electron chi connectivity index (χ2n) is 5.43. The van der Waals surface area contributed by atoms with E-state index >= 15 is 0 Å². The van der Waals surface area contributed by atoms with Crippen LogP contribution in [0.1, 0.15) is 15.9 Å². The quantitative estimate of drug-likeness (QED) is 0.776. The van der Waals surface area contributed by atoms with Gasteiger partial charge in [-0.2, -0.15) is 0 Å². The fraction of sp³-hybridized carbons (Fsp3) is 0.0556. The van der Waals surface area contributed by atoms with Crippen LogP contribution >= 0.6 is 23.4 Å². The highest BCUT2D eigenvalue weighted by molar-refractivity contribution is 8.18. The summed E-state index contributed by atoms with van der Waals surface area (Å²) < 4.78 is 0. The largest absolute Gasteiger partial charge is 0.507 e. The van der Waals surface area contributed by atoms with E-state index in [0.29, 0.717) is 26.3 Å². The van der Waals surface area contributed by atoms with E-state index in [-0.39, 0.29) is 17.2 Å². The molecular formula is C18H13ClN2O4S. The Bertz CT molecular complexity index is 971. The van der Waals surface area contributed by atoms with Crippen LogP contribution in [0.4, 0.5) is 5.69 Å². The van der Waals surface area contributed by atoms with E-state index in [1.54, 1.807) is 37.4 Å². The number of nitrogens with zero attached hydrogens (tertiary/aromatic N) is 2. The maximum atomic E-state index is 12.4. The number of likely N-dealkylation sites (N-methyl/N-ethyl adjacent to an activating group) is 1. The number of hydrogen-bond acceptors (Lipinski definition) is 5. The predicted molar refractivity (Wildman–Crippen MR) is 102 cm³/mol. The van der Waals surface area contributed by atoms with Gasteiger partial charge in [-0.25, -0.2) is 9.79 Å². The molecule has 2 aromatic carbocycles. The van der Waals surface area contributed by atoms with E-state index in [1.165, 1.54) is 23.1 Å². The van der Waals surface area contributed by atoms with Crippen LogP contribution in [0.15, 0.2) is 52.4 Å². The molecule has 2 N–H and O–H groups in total. The number of aromatic hydroxyl groups is 1. The Morgan fingerprint density at radius 3 is 2.77 bits per heavy atom. The number of carboxylic acid groups (broad SMARTS) is 1. The van der Waals surface area contributed by atoms with Gasteiger partial charge in [0.05, 0.1) is 16.2 Å². The van der Waals surface area contributed by atoms with Crippen molar-refractivity contribution in [2.75, 3.05) is 7.05 Å². The van der Waals surface area contributed by atoms with Gasteiger partial charge in [0.1, 0.15) is 5.75 Å². The first-order valence-electron chi connectivity index (χ1n) is 7.43. The number of carboxylic acids is 1. The summed E-state index contributed by atoms with van der Waals surface area (Å²) in [5, 5.41) is 19.8. The average Bonchev–Trinajstić information content (AvgIpc) is 2.86. The molecule has 1 aliphatic rings. The van der Waals surface area contributed by atoms with Crippen molar-refractivity contribution < 1.29 is 19.8 Å². The highest BCUT2D eigenvalue weighted by Crippen LogP contribution is 2.35. The third-order valence-electron chi connectivity index (χ3n) is 3.60. The van der Waals surface area contributed by atoms with E-state index in [9.17, 15) is 14.7 Å². The number of rotatable bonds is 3. The highest BCUT2D eigenvalue weighted by atomic mass is 35.5. The van der Waals surface area contributed by atoms with Crippen LogP contribution in [0, 0.1) is 0 Å². The Balaban J connectivity index is 1.94. The summed E-state index contributed by atoms with van der Waals surface area (Å²) in [7, 11) is 1.58. The molecule has 1 amide bonds. The molecular weight excluding hydrogens is 376 g/mol. The van der Waals surface area contributed by atoms with Crippen LogP contribution in [0.2, 0.25) is 5.02 Å². The van der Waals surface area contributed by atoms with Gasteiger partial charge in [-0.1, -0.05) is 17.7 Å². The number of amides is 1. The van der Waals surface area contributed by atoms with Crippen molar-refractivity contribution in [2.45, 2.75) is 0 Å². The Morgan fingerprint density at radius 2 is 2.04 bits per heavy atom. The summed E-state index contributed by atoms with van der Waals surface area (Å²) in [6.45, 7) is 0. The van der Waals surface area contributed by atoms with Crippen LogP contribution < -0.4 is 0 Å². The van der Waals surface area contributed by atoms with Crippen molar-refractivity contribution in [3.05, 3.63) is 63.5 Å². The number of hydrogen-bond donors (Lipinski definition) is 2. The van der Waals surface area contributed by atoms with E-state index in [2.05, 4.69) is 4.99 Å². The van der Waals surface area contributed by atoms with Gasteiger partial charge in [0.25, 0.3) is 5.91 Å². The average molecular weight is 389 g/mol. The zero-order valence-electron chi connectivity index (χ0n) is 13.5. The number of phenolic OH excluding ortho intramolecular Hbond substituents is 1. The van der Waals surface area contributed by atoms with Gasteiger partial charge >= 0.3 is 5.97 Å². The lowest BCUT2D eigenvalue weighted by Gasteiger charge is -2.07. The zero-order chi connectivity index (χ0) is 18.8. The second kappa shape index (κ2) is 7.23. The molecule has 1 heterocycles. The number of halogens is 1.